The topological polar surface area (TPSA) is 41.1 Å². The second kappa shape index (κ2) is 7.59. The Hall–Kier alpha value is -2.36. The predicted octanol–water partition coefficient (Wildman–Crippen LogP) is 4.00. The maximum absolute atomic E-state index is 13.5. The summed E-state index contributed by atoms with van der Waals surface area (Å²) in [5, 5.41) is 5.77. The molecule has 2 rings (SSSR count). The molecule has 0 atom stereocenters. The summed E-state index contributed by atoms with van der Waals surface area (Å²) < 4.78 is 13.5. The van der Waals surface area contributed by atoms with E-state index in [-0.39, 0.29) is 18.1 Å². The lowest BCUT2D eigenvalue weighted by molar-refractivity contribution is -0.114. The van der Waals surface area contributed by atoms with Gasteiger partial charge in [-0.1, -0.05) is 44.2 Å². The lowest BCUT2D eigenvalue weighted by Crippen LogP contribution is -2.23. The number of hydrogen-bond acceptors (Lipinski definition) is 2. The number of para-hydroxylation sites is 2. The van der Waals surface area contributed by atoms with Crippen LogP contribution in [0.1, 0.15) is 25.0 Å². The average molecular weight is 300 g/mol. The molecular formula is C18H21FN2O. The van der Waals surface area contributed by atoms with Crippen LogP contribution >= 0.6 is 0 Å². The van der Waals surface area contributed by atoms with Crippen LogP contribution in [-0.2, 0) is 17.6 Å². The van der Waals surface area contributed by atoms with Crippen LogP contribution in [0, 0.1) is 5.82 Å². The van der Waals surface area contributed by atoms with Gasteiger partial charge in [0.2, 0.25) is 5.91 Å². The fourth-order valence-corrected chi connectivity index (χ4v) is 2.40. The van der Waals surface area contributed by atoms with Crippen molar-refractivity contribution >= 4 is 17.3 Å². The molecule has 0 bridgehead atoms. The van der Waals surface area contributed by atoms with Gasteiger partial charge < -0.3 is 10.6 Å². The van der Waals surface area contributed by atoms with Gasteiger partial charge in [-0.05, 0) is 36.1 Å². The standard InChI is InChI=1S/C18H21FN2O/c1-3-13-8-7-9-14(4-2)18(13)20-12-17(22)21-16-11-6-5-10-15(16)19/h5-11,20H,3-4,12H2,1-2H3,(H,21,22). The van der Waals surface area contributed by atoms with Crippen LogP contribution in [0.2, 0.25) is 0 Å². The summed E-state index contributed by atoms with van der Waals surface area (Å²) in [4.78, 5) is 12.0. The summed E-state index contributed by atoms with van der Waals surface area (Å²) >= 11 is 0. The number of nitrogens with one attached hydrogen (secondary N) is 2. The Morgan fingerprint density at radius 2 is 1.64 bits per heavy atom. The Morgan fingerprint density at radius 1 is 1.00 bits per heavy atom. The highest BCUT2D eigenvalue weighted by Gasteiger charge is 2.09. The molecule has 0 fully saturated rings. The molecule has 2 aromatic rings. The molecule has 116 valence electrons. The number of anilines is 2. The molecule has 0 unspecified atom stereocenters. The molecule has 0 saturated heterocycles. The molecule has 22 heavy (non-hydrogen) atoms. The first-order valence-electron chi connectivity index (χ1n) is 7.54. The molecule has 0 radical (unpaired) electrons. The van der Waals surface area contributed by atoms with E-state index < -0.39 is 5.82 Å². The van der Waals surface area contributed by atoms with Crippen LogP contribution in [0.5, 0.6) is 0 Å². The Morgan fingerprint density at radius 3 is 2.23 bits per heavy atom. The maximum Gasteiger partial charge on any atom is 0.243 e. The molecule has 4 heteroatoms. The van der Waals surface area contributed by atoms with Gasteiger partial charge in [0.1, 0.15) is 5.82 Å². The minimum atomic E-state index is -0.431. The van der Waals surface area contributed by atoms with Gasteiger partial charge in [0.25, 0.3) is 0 Å². The third kappa shape index (κ3) is 3.85. The smallest absolute Gasteiger partial charge is 0.243 e. The highest BCUT2D eigenvalue weighted by Crippen LogP contribution is 2.22. The third-order valence-electron chi connectivity index (χ3n) is 3.57. The van der Waals surface area contributed by atoms with Crippen LogP contribution in [0.15, 0.2) is 42.5 Å². The molecular weight excluding hydrogens is 279 g/mol. The van der Waals surface area contributed by atoms with E-state index in [1.54, 1.807) is 18.2 Å². The minimum absolute atomic E-state index is 0.109. The summed E-state index contributed by atoms with van der Waals surface area (Å²) in [6, 6.07) is 12.3. The Bertz CT molecular complexity index is 633. The van der Waals surface area contributed by atoms with Crippen LogP contribution in [0.25, 0.3) is 0 Å². The Kier molecular flexibility index (Phi) is 5.53. The molecule has 1 amide bonds. The van der Waals surface area contributed by atoms with Crippen molar-refractivity contribution in [3.63, 3.8) is 0 Å². The molecule has 0 aliphatic heterocycles. The maximum atomic E-state index is 13.5. The lowest BCUT2D eigenvalue weighted by atomic mass is 10.0. The Balaban J connectivity index is 2.04. The lowest BCUT2D eigenvalue weighted by Gasteiger charge is -2.15. The zero-order valence-corrected chi connectivity index (χ0v) is 12.9. The van der Waals surface area contributed by atoms with Crippen LogP contribution in [0.3, 0.4) is 0 Å². The minimum Gasteiger partial charge on any atom is -0.376 e. The van der Waals surface area contributed by atoms with E-state index in [4.69, 9.17) is 0 Å². The van der Waals surface area contributed by atoms with Crippen molar-refractivity contribution in [2.75, 3.05) is 17.2 Å². The van der Waals surface area contributed by atoms with Crippen molar-refractivity contribution in [3.8, 4) is 0 Å². The third-order valence-corrected chi connectivity index (χ3v) is 3.57. The molecule has 0 aliphatic rings. The SMILES string of the molecule is CCc1cccc(CC)c1NCC(=O)Nc1ccccc1F. The van der Waals surface area contributed by atoms with E-state index in [2.05, 4.69) is 36.6 Å². The summed E-state index contributed by atoms with van der Waals surface area (Å²) in [5.74, 6) is -0.697. The van der Waals surface area contributed by atoms with Gasteiger partial charge in [0, 0.05) is 5.69 Å². The number of carbonyl (C=O) groups is 1. The number of rotatable bonds is 6. The number of hydrogen-bond donors (Lipinski definition) is 2. The van der Waals surface area contributed by atoms with E-state index in [9.17, 15) is 9.18 Å². The van der Waals surface area contributed by atoms with Crippen molar-refractivity contribution < 1.29 is 9.18 Å². The van der Waals surface area contributed by atoms with Gasteiger partial charge in [0.05, 0.1) is 12.2 Å². The second-order valence-corrected chi connectivity index (χ2v) is 5.04. The fourth-order valence-electron chi connectivity index (χ4n) is 2.40. The van der Waals surface area contributed by atoms with Gasteiger partial charge in [-0.15, -0.1) is 0 Å². The average Bonchev–Trinajstić information content (AvgIpc) is 2.54. The molecule has 0 spiro atoms. The van der Waals surface area contributed by atoms with Crippen LogP contribution in [-0.4, -0.2) is 12.5 Å². The quantitative estimate of drug-likeness (QED) is 0.846. The molecule has 2 N–H and O–H groups in total. The molecule has 0 aromatic heterocycles. The van der Waals surface area contributed by atoms with Gasteiger partial charge in [0.15, 0.2) is 0 Å². The van der Waals surface area contributed by atoms with Gasteiger partial charge in [-0.2, -0.15) is 0 Å². The number of halogens is 1. The number of benzene rings is 2. The number of amides is 1. The fraction of sp³-hybridized carbons (Fsp3) is 0.278. The van der Waals surface area contributed by atoms with Crippen molar-refractivity contribution in [2.45, 2.75) is 26.7 Å². The monoisotopic (exact) mass is 300 g/mol. The zero-order valence-electron chi connectivity index (χ0n) is 12.9. The van der Waals surface area contributed by atoms with Crippen molar-refractivity contribution in [3.05, 3.63) is 59.4 Å². The van der Waals surface area contributed by atoms with Crippen molar-refractivity contribution in [2.24, 2.45) is 0 Å². The van der Waals surface area contributed by atoms with Crippen molar-refractivity contribution in [1.82, 2.24) is 0 Å². The first-order chi connectivity index (χ1) is 10.7. The number of carbonyl (C=O) groups excluding carboxylic acids is 1. The summed E-state index contributed by atoms with van der Waals surface area (Å²) in [7, 11) is 0. The normalized spacial score (nSPS) is 10.3. The largest absolute Gasteiger partial charge is 0.376 e. The highest BCUT2D eigenvalue weighted by molar-refractivity contribution is 5.94. The second-order valence-electron chi connectivity index (χ2n) is 5.04. The zero-order chi connectivity index (χ0) is 15.9. The van der Waals surface area contributed by atoms with E-state index in [1.165, 1.54) is 17.2 Å². The first-order valence-corrected chi connectivity index (χ1v) is 7.54. The van der Waals surface area contributed by atoms with Crippen LogP contribution in [0.4, 0.5) is 15.8 Å². The predicted molar refractivity (Wildman–Crippen MR) is 88.7 cm³/mol. The molecule has 2 aromatic carbocycles. The van der Waals surface area contributed by atoms with Crippen LogP contribution < -0.4 is 10.6 Å². The highest BCUT2D eigenvalue weighted by atomic mass is 19.1. The first kappa shape index (κ1) is 16.0. The summed E-state index contributed by atoms with van der Waals surface area (Å²) in [6.45, 7) is 4.27. The molecule has 0 aliphatic carbocycles. The van der Waals surface area contributed by atoms with Gasteiger partial charge >= 0.3 is 0 Å². The van der Waals surface area contributed by atoms with E-state index in [0.29, 0.717) is 0 Å². The van der Waals surface area contributed by atoms with Crippen molar-refractivity contribution in [1.29, 1.82) is 0 Å². The summed E-state index contributed by atoms with van der Waals surface area (Å²) in [5.41, 5.74) is 3.57. The molecule has 0 heterocycles. The Labute approximate surface area is 130 Å². The number of aryl methyl sites for hydroxylation is 2. The van der Waals surface area contributed by atoms with E-state index >= 15 is 0 Å². The molecule has 3 nitrogen and oxygen atoms in total. The molecule has 0 saturated carbocycles. The van der Waals surface area contributed by atoms with Gasteiger partial charge in [-0.3, -0.25) is 4.79 Å². The van der Waals surface area contributed by atoms with E-state index in [0.717, 1.165) is 18.5 Å². The van der Waals surface area contributed by atoms with Gasteiger partial charge in [-0.25, -0.2) is 4.39 Å². The summed E-state index contributed by atoms with van der Waals surface area (Å²) in [6.07, 6.45) is 1.79. The van der Waals surface area contributed by atoms with E-state index in [1.807, 2.05) is 6.07 Å².